The summed E-state index contributed by atoms with van der Waals surface area (Å²) < 4.78 is 9.91. The Morgan fingerprint density at radius 1 is 1.09 bits per heavy atom. The molecule has 4 rings (SSSR count). The molecule has 0 atom stereocenters. The molecule has 0 saturated carbocycles. The second-order valence-electron chi connectivity index (χ2n) is 9.27. The van der Waals surface area contributed by atoms with E-state index in [1.165, 1.54) is 17.3 Å². The minimum Gasteiger partial charge on any atom is -0.378 e. The van der Waals surface area contributed by atoms with Crippen LogP contribution in [-0.2, 0) is 24.2 Å². The predicted molar refractivity (Wildman–Crippen MR) is 137 cm³/mol. The van der Waals surface area contributed by atoms with Crippen LogP contribution in [0.25, 0.3) is 0 Å². The van der Waals surface area contributed by atoms with Crippen LogP contribution in [0.4, 0.5) is 5.95 Å². The molecule has 1 aromatic carbocycles. The van der Waals surface area contributed by atoms with Crippen LogP contribution in [0, 0.1) is 19.8 Å². The van der Waals surface area contributed by atoms with E-state index in [1.54, 1.807) is 0 Å². The van der Waals surface area contributed by atoms with Crippen LogP contribution >= 0.6 is 11.8 Å². The lowest BCUT2D eigenvalue weighted by molar-refractivity contribution is 0.102. The first-order valence-electron chi connectivity index (χ1n) is 12.1. The normalized spacial score (nSPS) is 14.2. The van der Waals surface area contributed by atoms with Crippen molar-refractivity contribution >= 4 is 23.5 Å². The van der Waals surface area contributed by atoms with Gasteiger partial charge in [-0.15, -0.1) is 10.2 Å². The fourth-order valence-electron chi connectivity index (χ4n) is 4.43. The van der Waals surface area contributed by atoms with Gasteiger partial charge in [0.15, 0.2) is 10.9 Å². The number of Topliss-reactive ketones (excluding diaryl/α,β-unsaturated/α-hetero) is 1. The summed E-state index contributed by atoms with van der Waals surface area (Å²) in [5, 5.41) is 9.74. The molecular formula is C26H35N5O2S. The topological polar surface area (TPSA) is 65.2 Å². The van der Waals surface area contributed by atoms with Crippen LogP contribution in [0.5, 0.6) is 0 Å². The minimum absolute atomic E-state index is 0.135. The number of aryl methyl sites for hydroxylation is 2. The fourth-order valence-corrected chi connectivity index (χ4v) is 5.26. The molecule has 0 amide bonds. The molecule has 3 heterocycles. The first-order chi connectivity index (χ1) is 16.4. The van der Waals surface area contributed by atoms with E-state index in [9.17, 15) is 4.79 Å². The van der Waals surface area contributed by atoms with Crippen LogP contribution in [0.15, 0.2) is 41.6 Å². The van der Waals surface area contributed by atoms with E-state index in [2.05, 4.69) is 69.3 Å². The summed E-state index contributed by atoms with van der Waals surface area (Å²) in [7, 11) is 0. The molecule has 0 radical (unpaired) electrons. The highest BCUT2D eigenvalue weighted by atomic mass is 32.2. The Labute approximate surface area is 206 Å². The first kappa shape index (κ1) is 24.5. The maximum Gasteiger partial charge on any atom is 0.228 e. The molecule has 0 aliphatic carbocycles. The number of nitrogens with zero attached hydrogens (tertiary/aromatic N) is 5. The van der Waals surface area contributed by atoms with E-state index < -0.39 is 0 Å². The molecule has 3 aromatic rings. The summed E-state index contributed by atoms with van der Waals surface area (Å²) in [5.74, 6) is 1.82. The molecule has 8 heteroatoms. The molecule has 1 aliphatic heterocycles. The van der Waals surface area contributed by atoms with Gasteiger partial charge in [-0.3, -0.25) is 9.36 Å². The van der Waals surface area contributed by atoms with Gasteiger partial charge >= 0.3 is 0 Å². The number of hydrogen-bond donors (Lipinski definition) is 0. The van der Waals surface area contributed by atoms with Crippen molar-refractivity contribution in [2.45, 2.75) is 52.4 Å². The highest BCUT2D eigenvalue weighted by Gasteiger charge is 2.23. The lowest BCUT2D eigenvalue weighted by Crippen LogP contribution is -2.38. The highest BCUT2D eigenvalue weighted by Crippen LogP contribution is 2.26. The molecule has 0 unspecified atom stereocenters. The Hall–Kier alpha value is -2.58. The van der Waals surface area contributed by atoms with Crippen LogP contribution in [0.3, 0.4) is 0 Å². The van der Waals surface area contributed by atoms with Crippen LogP contribution in [-0.4, -0.2) is 57.2 Å². The van der Waals surface area contributed by atoms with Gasteiger partial charge in [-0.05, 0) is 37.8 Å². The van der Waals surface area contributed by atoms with Gasteiger partial charge in [0.2, 0.25) is 5.95 Å². The van der Waals surface area contributed by atoms with Crippen molar-refractivity contribution in [2.24, 2.45) is 5.92 Å². The second kappa shape index (κ2) is 11.2. The van der Waals surface area contributed by atoms with E-state index in [1.807, 2.05) is 19.1 Å². The van der Waals surface area contributed by atoms with E-state index in [4.69, 9.17) is 4.74 Å². The van der Waals surface area contributed by atoms with Crippen molar-refractivity contribution in [2.75, 3.05) is 37.0 Å². The maximum absolute atomic E-state index is 13.2. The monoisotopic (exact) mass is 481 g/mol. The third-order valence-electron chi connectivity index (χ3n) is 6.21. The Kier molecular flexibility index (Phi) is 8.11. The van der Waals surface area contributed by atoms with Gasteiger partial charge < -0.3 is 14.2 Å². The van der Waals surface area contributed by atoms with Crippen LogP contribution in [0.2, 0.25) is 0 Å². The smallest absolute Gasteiger partial charge is 0.228 e. The quantitative estimate of drug-likeness (QED) is 0.316. The number of carbonyl (C=O) groups excluding carboxylic acids is 1. The SMILES string of the molecule is Cc1cc(C(=O)CSc2nnc(N3CCOCC3)n2CC(C)C)c(C)n1CCc1ccccc1. The summed E-state index contributed by atoms with van der Waals surface area (Å²) in [5.41, 5.74) is 4.27. The number of rotatable bonds is 10. The zero-order chi connectivity index (χ0) is 24.1. The Morgan fingerprint density at radius 2 is 1.82 bits per heavy atom. The lowest BCUT2D eigenvalue weighted by atomic mass is 10.1. The largest absolute Gasteiger partial charge is 0.378 e. The van der Waals surface area contributed by atoms with Gasteiger partial charge in [0, 0.05) is 43.1 Å². The molecule has 34 heavy (non-hydrogen) atoms. The summed E-state index contributed by atoms with van der Waals surface area (Å²) >= 11 is 1.48. The van der Waals surface area contributed by atoms with Gasteiger partial charge in [-0.1, -0.05) is 55.9 Å². The van der Waals surface area contributed by atoms with Gasteiger partial charge in [-0.25, -0.2) is 0 Å². The van der Waals surface area contributed by atoms with E-state index in [-0.39, 0.29) is 5.78 Å². The molecule has 182 valence electrons. The van der Waals surface area contributed by atoms with E-state index in [0.717, 1.165) is 60.7 Å². The van der Waals surface area contributed by atoms with Crippen molar-refractivity contribution in [3.05, 3.63) is 58.9 Å². The summed E-state index contributed by atoms with van der Waals surface area (Å²) in [4.78, 5) is 15.4. The number of thioether (sulfide) groups is 1. The van der Waals surface area contributed by atoms with Gasteiger partial charge in [0.25, 0.3) is 0 Å². The number of morpholine rings is 1. The van der Waals surface area contributed by atoms with Crippen molar-refractivity contribution in [1.29, 1.82) is 0 Å². The summed E-state index contributed by atoms with van der Waals surface area (Å²) in [6.45, 7) is 13.2. The highest BCUT2D eigenvalue weighted by molar-refractivity contribution is 7.99. The predicted octanol–water partition coefficient (Wildman–Crippen LogP) is 4.41. The van der Waals surface area contributed by atoms with Gasteiger partial charge in [0.1, 0.15) is 0 Å². The van der Waals surface area contributed by atoms with Crippen molar-refractivity contribution in [3.8, 4) is 0 Å². The molecule has 1 fully saturated rings. The average Bonchev–Trinajstić information content (AvgIpc) is 3.36. The molecule has 2 aromatic heterocycles. The Bertz CT molecular complexity index is 1100. The third kappa shape index (κ3) is 5.73. The summed E-state index contributed by atoms with van der Waals surface area (Å²) in [6, 6.07) is 12.5. The summed E-state index contributed by atoms with van der Waals surface area (Å²) in [6.07, 6.45) is 0.947. The Balaban J connectivity index is 1.45. The number of hydrogen-bond acceptors (Lipinski definition) is 6. The zero-order valence-electron chi connectivity index (χ0n) is 20.7. The minimum atomic E-state index is 0.135. The second-order valence-corrected chi connectivity index (χ2v) is 10.2. The van der Waals surface area contributed by atoms with Gasteiger partial charge in [0.05, 0.1) is 19.0 Å². The molecule has 1 saturated heterocycles. The van der Waals surface area contributed by atoms with Crippen molar-refractivity contribution in [1.82, 2.24) is 19.3 Å². The van der Waals surface area contributed by atoms with Crippen molar-refractivity contribution in [3.63, 3.8) is 0 Å². The van der Waals surface area contributed by atoms with E-state index >= 15 is 0 Å². The average molecular weight is 482 g/mol. The Morgan fingerprint density at radius 3 is 2.53 bits per heavy atom. The molecule has 1 aliphatic rings. The lowest BCUT2D eigenvalue weighted by Gasteiger charge is -2.28. The number of anilines is 1. The number of carbonyl (C=O) groups is 1. The fraction of sp³-hybridized carbons (Fsp3) is 0.500. The standard InChI is InChI=1S/C26H35N5O2S/c1-19(2)17-31-25(29-12-14-33-15-13-29)27-28-26(31)34-18-24(32)23-16-20(3)30(21(23)4)11-10-22-8-6-5-7-9-22/h5-9,16,19H,10-15,17-18H2,1-4H3. The maximum atomic E-state index is 13.2. The molecule has 0 N–H and O–H groups in total. The van der Waals surface area contributed by atoms with Gasteiger partial charge in [-0.2, -0.15) is 0 Å². The number of ketones is 1. The van der Waals surface area contributed by atoms with Crippen molar-refractivity contribution < 1.29 is 9.53 Å². The number of benzene rings is 1. The molecule has 7 nitrogen and oxygen atoms in total. The number of aromatic nitrogens is 4. The van der Waals surface area contributed by atoms with E-state index in [0.29, 0.717) is 24.9 Å². The number of ether oxygens (including phenoxy) is 1. The third-order valence-corrected chi connectivity index (χ3v) is 7.18. The molecule has 0 spiro atoms. The van der Waals surface area contributed by atoms with Crippen LogP contribution in [0.1, 0.15) is 41.2 Å². The molecular weight excluding hydrogens is 446 g/mol. The van der Waals surface area contributed by atoms with Crippen LogP contribution < -0.4 is 4.90 Å². The molecule has 0 bridgehead atoms. The zero-order valence-corrected chi connectivity index (χ0v) is 21.5. The first-order valence-corrected chi connectivity index (χ1v) is 13.0.